The third-order valence-electron chi connectivity index (χ3n) is 7.77. The van der Waals surface area contributed by atoms with Gasteiger partial charge in [-0.3, -0.25) is 4.79 Å². The first-order chi connectivity index (χ1) is 18.3. The highest BCUT2D eigenvalue weighted by Gasteiger charge is 2.32. The number of nitrogens with one attached hydrogen (secondary N) is 1. The standard InChI is InChI=1S/C31H43F2NO4/c1-4-31(5-2,19-23-15-24-12-8-9-13-25(24)16-23)34-20-26(35)21-38-28-18-22(17-27(32)30(28)33)11-7-10-14-29(36)37-6-3/h8-9,12-13,17-18,23,26,34-35H,4-7,10-11,14-16,19-21H2,1-3H3/t26-/m1/s1. The third kappa shape index (κ3) is 8.50. The minimum Gasteiger partial charge on any atom is -0.488 e. The Balaban J connectivity index is 1.49. The fourth-order valence-electron chi connectivity index (χ4n) is 5.49. The van der Waals surface area contributed by atoms with Gasteiger partial charge in [0, 0.05) is 18.5 Å². The van der Waals surface area contributed by atoms with E-state index in [0.29, 0.717) is 50.3 Å². The second-order valence-corrected chi connectivity index (χ2v) is 10.5. The molecule has 2 N–H and O–H groups in total. The van der Waals surface area contributed by atoms with Crippen molar-refractivity contribution in [1.29, 1.82) is 0 Å². The van der Waals surface area contributed by atoms with Crippen LogP contribution in [0.25, 0.3) is 0 Å². The van der Waals surface area contributed by atoms with Crippen molar-refractivity contribution in [3.8, 4) is 5.75 Å². The van der Waals surface area contributed by atoms with E-state index in [9.17, 15) is 18.7 Å². The second kappa shape index (κ2) is 14.6. The molecule has 0 saturated heterocycles. The van der Waals surface area contributed by atoms with Crippen LogP contribution in [-0.2, 0) is 28.8 Å². The maximum absolute atomic E-state index is 14.4. The maximum Gasteiger partial charge on any atom is 0.305 e. The molecule has 0 aromatic heterocycles. The summed E-state index contributed by atoms with van der Waals surface area (Å²) in [6.07, 6.45) is 6.18. The Bertz CT molecular complexity index is 1020. The summed E-state index contributed by atoms with van der Waals surface area (Å²) in [6, 6.07) is 11.2. The fourth-order valence-corrected chi connectivity index (χ4v) is 5.49. The summed E-state index contributed by atoms with van der Waals surface area (Å²) >= 11 is 0. The van der Waals surface area contributed by atoms with E-state index in [4.69, 9.17) is 9.47 Å². The van der Waals surface area contributed by atoms with Crippen LogP contribution in [0.4, 0.5) is 8.78 Å². The van der Waals surface area contributed by atoms with E-state index in [1.807, 2.05) is 0 Å². The monoisotopic (exact) mass is 531 g/mol. The van der Waals surface area contributed by atoms with Gasteiger partial charge in [-0.15, -0.1) is 0 Å². The summed E-state index contributed by atoms with van der Waals surface area (Å²) in [6.45, 7) is 6.59. The molecule has 7 heteroatoms. The normalized spacial score (nSPS) is 14.4. The fraction of sp³-hybridized carbons (Fsp3) is 0.581. The zero-order valence-electron chi connectivity index (χ0n) is 23.0. The first-order valence-electron chi connectivity index (χ1n) is 14.0. The van der Waals surface area contributed by atoms with Gasteiger partial charge in [0.05, 0.1) is 6.61 Å². The Morgan fingerprint density at radius 3 is 2.42 bits per heavy atom. The number of hydrogen-bond donors (Lipinski definition) is 2. The van der Waals surface area contributed by atoms with Crippen LogP contribution in [0.15, 0.2) is 36.4 Å². The van der Waals surface area contributed by atoms with Crippen molar-refractivity contribution >= 4 is 5.97 Å². The SMILES string of the molecule is CCOC(=O)CCCCc1cc(F)c(F)c(OC[C@H](O)CNC(CC)(CC)CC2Cc3ccccc3C2)c1. The van der Waals surface area contributed by atoms with Gasteiger partial charge in [-0.2, -0.15) is 4.39 Å². The quantitative estimate of drug-likeness (QED) is 0.208. The van der Waals surface area contributed by atoms with E-state index in [0.717, 1.165) is 38.2 Å². The van der Waals surface area contributed by atoms with Crippen LogP contribution in [0.2, 0.25) is 0 Å². The molecule has 38 heavy (non-hydrogen) atoms. The molecule has 0 aliphatic heterocycles. The minimum atomic E-state index is -1.06. The molecule has 5 nitrogen and oxygen atoms in total. The van der Waals surface area contributed by atoms with Crippen LogP contribution in [0, 0.1) is 17.6 Å². The minimum absolute atomic E-state index is 0.103. The van der Waals surface area contributed by atoms with Gasteiger partial charge in [-0.05, 0) is 93.0 Å². The molecule has 0 radical (unpaired) electrons. The number of benzene rings is 2. The molecule has 0 amide bonds. The Hall–Kier alpha value is -2.51. The molecule has 0 unspecified atom stereocenters. The number of unbranched alkanes of at least 4 members (excludes halogenated alkanes) is 1. The smallest absolute Gasteiger partial charge is 0.305 e. The van der Waals surface area contributed by atoms with Gasteiger partial charge in [0.15, 0.2) is 11.6 Å². The molecule has 0 heterocycles. The molecule has 0 spiro atoms. The predicted molar refractivity (Wildman–Crippen MR) is 145 cm³/mol. The van der Waals surface area contributed by atoms with E-state index in [1.165, 1.54) is 17.2 Å². The number of carbonyl (C=O) groups excluding carboxylic acids is 1. The number of ether oxygens (including phenoxy) is 2. The summed E-state index contributed by atoms with van der Waals surface area (Å²) in [4.78, 5) is 11.5. The Kier molecular flexibility index (Phi) is 11.5. The van der Waals surface area contributed by atoms with Crippen molar-refractivity contribution < 1.29 is 28.2 Å². The van der Waals surface area contributed by atoms with Crippen molar-refractivity contribution in [2.75, 3.05) is 19.8 Å². The maximum atomic E-state index is 14.4. The topological polar surface area (TPSA) is 67.8 Å². The number of aryl methyl sites for hydroxylation is 1. The van der Waals surface area contributed by atoms with Crippen LogP contribution in [-0.4, -0.2) is 42.5 Å². The number of aliphatic hydroxyl groups excluding tert-OH is 1. The van der Waals surface area contributed by atoms with Crippen LogP contribution in [0.3, 0.4) is 0 Å². The lowest BCUT2D eigenvalue weighted by atomic mass is 9.81. The van der Waals surface area contributed by atoms with Gasteiger partial charge in [-0.1, -0.05) is 38.1 Å². The number of fused-ring (bicyclic) bond motifs is 1. The first-order valence-corrected chi connectivity index (χ1v) is 14.0. The lowest BCUT2D eigenvalue weighted by Gasteiger charge is -2.36. The van der Waals surface area contributed by atoms with E-state index < -0.39 is 17.7 Å². The highest BCUT2D eigenvalue weighted by atomic mass is 19.2. The molecule has 1 atom stereocenters. The van der Waals surface area contributed by atoms with Crippen molar-refractivity contribution in [2.24, 2.45) is 5.92 Å². The lowest BCUT2D eigenvalue weighted by molar-refractivity contribution is -0.143. The van der Waals surface area contributed by atoms with Gasteiger partial charge < -0.3 is 19.9 Å². The van der Waals surface area contributed by atoms with Crippen molar-refractivity contribution in [1.82, 2.24) is 5.32 Å². The number of rotatable bonds is 16. The van der Waals surface area contributed by atoms with Crippen LogP contribution < -0.4 is 10.1 Å². The summed E-state index contributed by atoms with van der Waals surface area (Å²) in [5.74, 6) is -1.94. The van der Waals surface area contributed by atoms with Crippen LogP contribution in [0.1, 0.15) is 76.0 Å². The molecule has 210 valence electrons. The van der Waals surface area contributed by atoms with Gasteiger partial charge in [-0.25, -0.2) is 4.39 Å². The van der Waals surface area contributed by atoms with E-state index in [2.05, 4.69) is 43.4 Å². The Labute approximate surface area is 225 Å². The average molecular weight is 532 g/mol. The Morgan fingerprint density at radius 1 is 1.11 bits per heavy atom. The average Bonchev–Trinajstić information content (AvgIpc) is 3.32. The highest BCUT2D eigenvalue weighted by Crippen LogP contribution is 2.34. The largest absolute Gasteiger partial charge is 0.488 e. The van der Waals surface area contributed by atoms with E-state index in [1.54, 1.807) is 6.92 Å². The van der Waals surface area contributed by atoms with Gasteiger partial charge in [0.2, 0.25) is 5.82 Å². The van der Waals surface area contributed by atoms with Gasteiger partial charge in [0.25, 0.3) is 0 Å². The predicted octanol–water partition coefficient (Wildman–Crippen LogP) is 5.93. The van der Waals surface area contributed by atoms with Gasteiger partial charge in [0.1, 0.15) is 12.7 Å². The molecular weight excluding hydrogens is 488 g/mol. The van der Waals surface area contributed by atoms with E-state index in [-0.39, 0.29) is 23.9 Å². The zero-order valence-corrected chi connectivity index (χ0v) is 23.0. The van der Waals surface area contributed by atoms with Crippen LogP contribution >= 0.6 is 0 Å². The third-order valence-corrected chi connectivity index (χ3v) is 7.77. The number of halogens is 2. The Morgan fingerprint density at radius 2 is 1.79 bits per heavy atom. The molecule has 1 aliphatic carbocycles. The molecular formula is C31H43F2NO4. The second-order valence-electron chi connectivity index (χ2n) is 10.5. The number of hydrogen-bond acceptors (Lipinski definition) is 5. The molecule has 0 saturated carbocycles. The van der Waals surface area contributed by atoms with Crippen molar-refractivity contribution in [3.63, 3.8) is 0 Å². The summed E-state index contributed by atoms with van der Waals surface area (Å²) < 4.78 is 39.0. The molecule has 2 aromatic rings. The number of aliphatic hydroxyl groups is 1. The highest BCUT2D eigenvalue weighted by molar-refractivity contribution is 5.69. The molecule has 3 rings (SSSR count). The summed E-state index contributed by atoms with van der Waals surface area (Å²) in [7, 11) is 0. The summed E-state index contributed by atoms with van der Waals surface area (Å²) in [5.41, 5.74) is 3.35. The molecule has 0 fully saturated rings. The number of carbonyl (C=O) groups is 1. The zero-order chi connectivity index (χ0) is 27.5. The number of β-amino-alcohol motifs (C(OH)–C–C–N with tert-alkyl or cyclic N) is 1. The number of esters is 1. The van der Waals surface area contributed by atoms with Crippen molar-refractivity contribution in [3.05, 3.63) is 64.7 Å². The molecule has 1 aliphatic rings. The van der Waals surface area contributed by atoms with Crippen molar-refractivity contribution in [2.45, 2.75) is 90.2 Å². The lowest BCUT2D eigenvalue weighted by Crippen LogP contribution is -2.49. The molecule has 0 bridgehead atoms. The summed E-state index contributed by atoms with van der Waals surface area (Å²) in [5, 5.41) is 14.2. The van der Waals surface area contributed by atoms with Crippen LogP contribution in [0.5, 0.6) is 5.75 Å². The van der Waals surface area contributed by atoms with E-state index >= 15 is 0 Å². The molecule has 2 aromatic carbocycles. The first kappa shape index (κ1) is 30.0. The van der Waals surface area contributed by atoms with Gasteiger partial charge >= 0.3 is 5.97 Å².